The van der Waals surface area contributed by atoms with Crippen LogP contribution in [0.15, 0.2) is 12.2 Å². The zero-order valence-corrected chi connectivity index (χ0v) is 24.2. The lowest BCUT2D eigenvalue weighted by Gasteiger charge is -2.30. The molecule has 2 aliphatic heterocycles. The van der Waals surface area contributed by atoms with Crippen LogP contribution in [0.2, 0.25) is 0 Å². The number of carbonyl (C=O) groups excluding carboxylic acids is 4. The predicted octanol–water partition coefficient (Wildman–Crippen LogP) is 1.63. The van der Waals surface area contributed by atoms with Gasteiger partial charge in [-0.3, -0.25) is 14.4 Å². The number of hydrogen-bond acceptors (Lipinski definition) is 7. The van der Waals surface area contributed by atoms with Crippen molar-refractivity contribution in [1.29, 1.82) is 0 Å². The molecule has 0 unspecified atom stereocenters. The van der Waals surface area contributed by atoms with Gasteiger partial charge in [-0.25, -0.2) is 9.52 Å². The number of nitrogens with zero attached hydrogens (tertiary/aromatic N) is 1. The Morgan fingerprint density at radius 2 is 1.90 bits per heavy atom. The van der Waals surface area contributed by atoms with Crippen LogP contribution in [0.1, 0.15) is 85.5 Å². The van der Waals surface area contributed by atoms with E-state index in [1.54, 1.807) is 27.7 Å². The normalized spacial score (nSPS) is 28.3. The van der Waals surface area contributed by atoms with E-state index >= 15 is 0 Å². The Labute approximate surface area is 231 Å². The van der Waals surface area contributed by atoms with Gasteiger partial charge in [-0.15, -0.1) is 0 Å². The first-order valence-corrected chi connectivity index (χ1v) is 15.4. The molecule has 1 saturated carbocycles. The highest BCUT2D eigenvalue weighted by Gasteiger charge is 2.61. The summed E-state index contributed by atoms with van der Waals surface area (Å²) in [6.45, 7) is 7.52. The second-order valence-corrected chi connectivity index (χ2v) is 13.1. The molecule has 2 fully saturated rings. The van der Waals surface area contributed by atoms with Crippen LogP contribution < -0.4 is 20.1 Å². The van der Waals surface area contributed by atoms with Gasteiger partial charge in [-0.2, -0.15) is 13.1 Å². The minimum atomic E-state index is -4.09. The van der Waals surface area contributed by atoms with Crippen LogP contribution in [0.25, 0.3) is 0 Å². The smallest absolute Gasteiger partial charge is 0.408 e. The molecule has 0 spiro atoms. The van der Waals surface area contributed by atoms with Gasteiger partial charge in [0.05, 0.1) is 0 Å². The van der Waals surface area contributed by atoms with Gasteiger partial charge in [0.1, 0.15) is 23.2 Å². The van der Waals surface area contributed by atoms with E-state index in [-0.39, 0.29) is 24.8 Å². The molecule has 0 radical (unpaired) electrons. The first-order valence-electron chi connectivity index (χ1n) is 13.9. The monoisotopic (exact) mass is 569 g/mol. The van der Waals surface area contributed by atoms with E-state index in [0.717, 1.165) is 19.3 Å². The van der Waals surface area contributed by atoms with Crippen LogP contribution >= 0.6 is 0 Å². The van der Waals surface area contributed by atoms with Crippen molar-refractivity contribution in [2.45, 2.75) is 109 Å². The van der Waals surface area contributed by atoms with Gasteiger partial charge in [0, 0.05) is 19.0 Å². The molecule has 2 heterocycles. The molecule has 220 valence electrons. The lowest BCUT2D eigenvalue weighted by Crippen LogP contribution is -2.59. The number of amides is 4. The number of alkyl carbamates (subject to hydrolysis) is 1. The SMILES string of the molecule is CCCNS(=O)(=O)NC(=O)[C@@]12C[C@H]1C=CCCCCC[C@H](NC(=O)OC(C)(C)C)C(=O)N1CCC[C@H]1C(=O)N2. The minimum absolute atomic E-state index is 0.170. The molecule has 4 atom stereocenters. The zero-order chi connectivity index (χ0) is 28.8. The summed E-state index contributed by atoms with van der Waals surface area (Å²) < 4.78 is 34.4. The number of allylic oxidation sites excluding steroid dienone is 1. The third kappa shape index (κ3) is 8.41. The Kier molecular flexibility index (Phi) is 10.0. The number of carbonyl (C=O) groups is 4. The third-order valence-electron chi connectivity index (χ3n) is 7.09. The number of nitrogens with one attached hydrogen (secondary N) is 4. The van der Waals surface area contributed by atoms with Crippen molar-refractivity contribution in [1.82, 2.24) is 25.0 Å². The van der Waals surface area contributed by atoms with Crippen molar-refractivity contribution >= 4 is 34.0 Å². The van der Waals surface area contributed by atoms with E-state index in [1.807, 2.05) is 12.2 Å². The molecule has 39 heavy (non-hydrogen) atoms. The van der Waals surface area contributed by atoms with Crippen LogP contribution in [0.4, 0.5) is 4.79 Å². The van der Waals surface area contributed by atoms with Crippen LogP contribution in [0, 0.1) is 5.92 Å². The molecule has 1 saturated heterocycles. The molecule has 13 heteroatoms. The summed E-state index contributed by atoms with van der Waals surface area (Å²) >= 11 is 0. The Morgan fingerprint density at radius 3 is 2.59 bits per heavy atom. The van der Waals surface area contributed by atoms with Crippen molar-refractivity contribution in [3.63, 3.8) is 0 Å². The van der Waals surface area contributed by atoms with Crippen molar-refractivity contribution in [3.8, 4) is 0 Å². The maximum atomic E-state index is 13.6. The van der Waals surface area contributed by atoms with E-state index in [4.69, 9.17) is 4.74 Å². The Balaban J connectivity index is 1.82. The van der Waals surface area contributed by atoms with Crippen molar-refractivity contribution in [2.75, 3.05) is 13.1 Å². The van der Waals surface area contributed by atoms with E-state index in [2.05, 4.69) is 20.1 Å². The third-order valence-corrected chi connectivity index (χ3v) is 8.13. The maximum Gasteiger partial charge on any atom is 0.408 e. The second-order valence-electron chi connectivity index (χ2n) is 11.6. The molecular weight excluding hydrogens is 526 g/mol. The molecule has 0 aromatic rings. The van der Waals surface area contributed by atoms with Gasteiger partial charge in [0.15, 0.2) is 0 Å². The summed E-state index contributed by atoms with van der Waals surface area (Å²) in [6, 6.07) is -1.69. The van der Waals surface area contributed by atoms with Gasteiger partial charge in [-0.1, -0.05) is 31.9 Å². The quantitative estimate of drug-likeness (QED) is 0.353. The fraction of sp³-hybridized carbons (Fsp3) is 0.769. The summed E-state index contributed by atoms with van der Waals surface area (Å²) in [4.78, 5) is 54.3. The molecule has 12 nitrogen and oxygen atoms in total. The van der Waals surface area contributed by atoms with Gasteiger partial charge < -0.3 is 20.3 Å². The maximum absolute atomic E-state index is 13.6. The number of fused-ring (bicyclic) bond motifs is 2. The largest absolute Gasteiger partial charge is 0.444 e. The van der Waals surface area contributed by atoms with Gasteiger partial charge >= 0.3 is 16.3 Å². The molecule has 4 amide bonds. The average Bonchev–Trinajstić information content (AvgIpc) is 3.29. The van der Waals surface area contributed by atoms with E-state index in [0.29, 0.717) is 38.6 Å². The summed E-state index contributed by atoms with van der Waals surface area (Å²) in [7, 11) is -4.09. The second kappa shape index (κ2) is 12.7. The standard InChI is InChI=1S/C26H43N5O7S/c1-5-15-27-39(36,37)30-23(34)26-17-18(26)12-9-7-6-8-10-13-19(28-24(35)38-25(2,3)4)22(33)31-16-11-14-20(31)21(32)29-26/h9,12,18-20,27H,5-8,10-11,13-17H2,1-4H3,(H,28,35)(H,29,32)(H,30,34)/t18-,19+,20+,26-/m1/s1. The number of hydrogen-bond donors (Lipinski definition) is 4. The van der Waals surface area contributed by atoms with Crippen molar-refractivity contribution in [3.05, 3.63) is 12.2 Å². The molecule has 0 bridgehead atoms. The van der Waals surface area contributed by atoms with Crippen LogP contribution in [0.3, 0.4) is 0 Å². The topological polar surface area (TPSA) is 163 Å². The van der Waals surface area contributed by atoms with E-state index in [9.17, 15) is 27.6 Å². The van der Waals surface area contributed by atoms with Crippen LogP contribution in [0.5, 0.6) is 0 Å². The molecule has 4 N–H and O–H groups in total. The summed E-state index contributed by atoms with van der Waals surface area (Å²) in [5, 5.41) is 5.49. The van der Waals surface area contributed by atoms with Crippen LogP contribution in [-0.2, 0) is 29.3 Å². The Bertz CT molecular complexity index is 1070. The summed E-state index contributed by atoms with van der Waals surface area (Å²) in [5.74, 6) is -2.06. The number of ether oxygens (including phenoxy) is 1. The van der Waals surface area contributed by atoms with E-state index in [1.165, 1.54) is 4.90 Å². The van der Waals surface area contributed by atoms with Gasteiger partial charge in [0.25, 0.3) is 5.91 Å². The van der Waals surface area contributed by atoms with E-state index < -0.39 is 51.3 Å². The minimum Gasteiger partial charge on any atom is -0.444 e. The van der Waals surface area contributed by atoms with Gasteiger partial charge in [-0.05, 0) is 65.7 Å². The zero-order valence-electron chi connectivity index (χ0n) is 23.4. The Hall–Kier alpha value is -2.67. The number of rotatable bonds is 6. The first-order chi connectivity index (χ1) is 18.3. The van der Waals surface area contributed by atoms with Crippen LogP contribution in [-0.4, -0.2) is 73.4 Å². The Morgan fingerprint density at radius 1 is 1.15 bits per heavy atom. The molecule has 0 aromatic carbocycles. The van der Waals surface area contributed by atoms with Gasteiger partial charge in [0.2, 0.25) is 11.8 Å². The lowest BCUT2D eigenvalue weighted by atomic mass is 10.0. The summed E-state index contributed by atoms with van der Waals surface area (Å²) in [6.07, 6.45) is 8.38. The first kappa shape index (κ1) is 30.9. The molecule has 3 aliphatic rings. The highest BCUT2D eigenvalue weighted by atomic mass is 32.2. The fourth-order valence-electron chi connectivity index (χ4n) is 5.03. The lowest BCUT2D eigenvalue weighted by molar-refractivity contribution is -0.141. The molecule has 1 aliphatic carbocycles. The molecular formula is C26H43N5O7S. The highest BCUT2D eigenvalue weighted by Crippen LogP contribution is 2.45. The molecule has 3 rings (SSSR count). The van der Waals surface area contributed by atoms with Crippen molar-refractivity contribution < 1.29 is 32.3 Å². The highest BCUT2D eigenvalue weighted by molar-refractivity contribution is 7.88. The molecule has 0 aromatic heterocycles. The fourth-order valence-corrected chi connectivity index (χ4v) is 6.00. The van der Waals surface area contributed by atoms with Crippen molar-refractivity contribution in [2.24, 2.45) is 5.92 Å². The summed E-state index contributed by atoms with van der Waals surface area (Å²) in [5.41, 5.74) is -2.15. The predicted molar refractivity (Wildman–Crippen MR) is 144 cm³/mol. The average molecular weight is 570 g/mol.